The van der Waals surface area contributed by atoms with E-state index in [1.54, 1.807) is 30.3 Å². The third-order valence-corrected chi connectivity index (χ3v) is 7.02. The smallest absolute Gasteiger partial charge is 0.259 e. The standard InChI is InChI=1S/C28H23Cl4N3O4/c29-20-7-5-17(6-8-20)9-12-39-27-21(15-25(33-34-27)19-13-23(31)26(37)24(32)14-19)28(38)35(10-11-36)16-18-3-1-2-4-22(18)30/h1-8,13-15,36-37H,9-12,16H2. The van der Waals surface area contributed by atoms with Crippen LogP contribution in [0, 0.1) is 0 Å². The Kier molecular flexibility index (Phi) is 9.88. The number of aliphatic hydroxyl groups excluding tert-OH is 1. The fourth-order valence-electron chi connectivity index (χ4n) is 3.79. The highest BCUT2D eigenvalue weighted by molar-refractivity contribution is 6.37. The van der Waals surface area contributed by atoms with Crippen molar-refractivity contribution in [3.63, 3.8) is 0 Å². The summed E-state index contributed by atoms with van der Waals surface area (Å²) in [5, 5.41) is 29.2. The first kappa shape index (κ1) is 28.9. The van der Waals surface area contributed by atoms with Gasteiger partial charge >= 0.3 is 0 Å². The average Bonchev–Trinajstić information content (AvgIpc) is 2.93. The van der Waals surface area contributed by atoms with Crippen molar-refractivity contribution in [1.29, 1.82) is 0 Å². The van der Waals surface area contributed by atoms with Gasteiger partial charge in [-0.15, -0.1) is 10.2 Å². The molecular formula is C28H23Cl4N3O4. The van der Waals surface area contributed by atoms with Crippen LogP contribution in [0.5, 0.6) is 11.6 Å². The van der Waals surface area contributed by atoms with E-state index >= 15 is 0 Å². The number of benzene rings is 3. The zero-order chi connectivity index (χ0) is 27.9. The molecule has 1 amide bonds. The highest BCUT2D eigenvalue weighted by atomic mass is 35.5. The first-order valence-corrected chi connectivity index (χ1v) is 13.3. The van der Waals surface area contributed by atoms with Gasteiger partial charge in [0.25, 0.3) is 5.91 Å². The number of hydrogen-bond acceptors (Lipinski definition) is 6. The molecule has 0 saturated carbocycles. The van der Waals surface area contributed by atoms with Gasteiger partial charge < -0.3 is 19.8 Å². The van der Waals surface area contributed by atoms with Crippen LogP contribution < -0.4 is 4.74 Å². The minimum absolute atomic E-state index is 0.0239. The third kappa shape index (κ3) is 7.32. The van der Waals surface area contributed by atoms with Crippen molar-refractivity contribution >= 4 is 52.3 Å². The van der Waals surface area contributed by atoms with Gasteiger partial charge in [-0.2, -0.15) is 0 Å². The maximum absolute atomic E-state index is 13.8. The van der Waals surface area contributed by atoms with E-state index in [1.165, 1.54) is 23.1 Å². The Bertz CT molecular complexity index is 1440. The lowest BCUT2D eigenvalue weighted by molar-refractivity contribution is 0.0702. The Morgan fingerprint density at radius 1 is 0.897 bits per heavy atom. The molecule has 1 heterocycles. The number of amides is 1. The first-order valence-electron chi connectivity index (χ1n) is 11.8. The Balaban J connectivity index is 1.68. The molecule has 0 radical (unpaired) electrons. The molecule has 11 heteroatoms. The highest BCUT2D eigenvalue weighted by Crippen LogP contribution is 2.36. The molecular weight excluding hydrogens is 584 g/mol. The number of aromatic nitrogens is 2. The number of nitrogens with zero attached hydrogens (tertiary/aromatic N) is 3. The number of phenols is 1. The van der Waals surface area contributed by atoms with E-state index in [1.807, 2.05) is 18.2 Å². The van der Waals surface area contributed by atoms with Crippen molar-refractivity contribution in [2.75, 3.05) is 19.8 Å². The van der Waals surface area contributed by atoms with E-state index in [4.69, 9.17) is 51.1 Å². The quantitative estimate of drug-likeness (QED) is 0.208. The second kappa shape index (κ2) is 13.3. The van der Waals surface area contributed by atoms with Crippen LogP contribution in [0.15, 0.2) is 66.7 Å². The van der Waals surface area contributed by atoms with E-state index in [-0.39, 0.29) is 59.2 Å². The number of aliphatic hydroxyl groups is 1. The lowest BCUT2D eigenvalue weighted by Crippen LogP contribution is -2.33. The van der Waals surface area contributed by atoms with Gasteiger partial charge in [-0.1, -0.05) is 76.7 Å². The molecule has 4 rings (SSSR count). The number of hydrogen-bond donors (Lipinski definition) is 2. The monoisotopic (exact) mass is 605 g/mol. The van der Waals surface area contributed by atoms with Crippen molar-refractivity contribution < 1.29 is 19.7 Å². The second-order valence-corrected chi connectivity index (χ2v) is 10.2. The average molecular weight is 607 g/mol. The number of phenolic OH excluding ortho intramolecular Hbond substituents is 1. The van der Waals surface area contributed by atoms with Crippen molar-refractivity contribution in [2.24, 2.45) is 0 Å². The zero-order valence-corrected chi connectivity index (χ0v) is 23.5. The molecule has 4 aromatic rings. The number of rotatable bonds is 10. The minimum atomic E-state index is -0.447. The molecule has 202 valence electrons. The van der Waals surface area contributed by atoms with Gasteiger partial charge in [-0.3, -0.25) is 4.79 Å². The van der Waals surface area contributed by atoms with Crippen LogP contribution in [-0.2, 0) is 13.0 Å². The van der Waals surface area contributed by atoms with Crippen molar-refractivity contribution in [2.45, 2.75) is 13.0 Å². The molecule has 0 bridgehead atoms. The van der Waals surface area contributed by atoms with Crippen LogP contribution in [0.1, 0.15) is 21.5 Å². The predicted octanol–water partition coefficient (Wildman–Crippen LogP) is 6.72. The summed E-state index contributed by atoms with van der Waals surface area (Å²) in [7, 11) is 0. The molecule has 0 fully saturated rings. The van der Waals surface area contributed by atoms with E-state index in [2.05, 4.69) is 10.2 Å². The Morgan fingerprint density at radius 3 is 2.26 bits per heavy atom. The van der Waals surface area contributed by atoms with Gasteiger partial charge in [0, 0.05) is 35.1 Å². The molecule has 7 nitrogen and oxygen atoms in total. The second-order valence-electron chi connectivity index (χ2n) is 8.50. The minimum Gasteiger partial charge on any atom is -0.505 e. The van der Waals surface area contributed by atoms with Gasteiger partial charge in [0.15, 0.2) is 5.75 Å². The molecule has 0 aliphatic rings. The van der Waals surface area contributed by atoms with Crippen LogP contribution in [0.3, 0.4) is 0 Å². The summed E-state index contributed by atoms with van der Waals surface area (Å²) in [6.07, 6.45) is 0.539. The summed E-state index contributed by atoms with van der Waals surface area (Å²) in [5.74, 6) is -0.685. The number of carbonyl (C=O) groups is 1. The SMILES string of the molecule is O=C(c1cc(-c2cc(Cl)c(O)c(Cl)c2)nnc1OCCc1ccc(Cl)cc1)N(CCO)Cc1ccccc1Cl. The van der Waals surface area contributed by atoms with Crippen LogP contribution >= 0.6 is 46.4 Å². The predicted molar refractivity (Wildman–Crippen MR) is 153 cm³/mol. The lowest BCUT2D eigenvalue weighted by Gasteiger charge is -2.23. The van der Waals surface area contributed by atoms with Crippen molar-refractivity contribution in [3.05, 3.63) is 104 Å². The maximum Gasteiger partial charge on any atom is 0.259 e. The molecule has 0 saturated heterocycles. The maximum atomic E-state index is 13.8. The van der Waals surface area contributed by atoms with Gasteiger partial charge in [0.1, 0.15) is 5.56 Å². The Morgan fingerprint density at radius 2 is 1.59 bits per heavy atom. The fraction of sp³-hybridized carbons (Fsp3) is 0.179. The summed E-state index contributed by atoms with van der Waals surface area (Å²) >= 11 is 24.5. The molecule has 1 aromatic heterocycles. The van der Waals surface area contributed by atoms with Crippen molar-refractivity contribution in [3.8, 4) is 22.9 Å². The summed E-state index contributed by atoms with van der Waals surface area (Å²) in [5.41, 5.74) is 2.55. The van der Waals surface area contributed by atoms with Gasteiger partial charge in [0.2, 0.25) is 5.88 Å². The molecule has 3 aromatic carbocycles. The van der Waals surface area contributed by atoms with Crippen molar-refractivity contribution in [1.82, 2.24) is 15.1 Å². The van der Waals surface area contributed by atoms with E-state index < -0.39 is 5.91 Å². The van der Waals surface area contributed by atoms with Gasteiger partial charge in [-0.05, 0) is 47.5 Å². The summed E-state index contributed by atoms with van der Waals surface area (Å²) in [4.78, 5) is 15.3. The first-order chi connectivity index (χ1) is 18.8. The fourth-order valence-corrected chi connectivity index (χ4v) is 4.60. The Labute approximate surface area is 245 Å². The van der Waals surface area contributed by atoms with Crippen LogP contribution in [0.4, 0.5) is 0 Å². The summed E-state index contributed by atoms with van der Waals surface area (Å²) in [6, 6.07) is 19.0. The van der Waals surface area contributed by atoms with Gasteiger partial charge in [0.05, 0.1) is 29.0 Å². The molecule has 0 spiro atoms. The zero-order valence-electron chi connectivity index (χ0n) is 20.5. The van der Waals surface area contributed by atoms with Crippen LogP contribution in [0.2, 0.25) is 20.1 Å². The van der Waals surface area contributed by atoms with E-state index in [0.717, 1.165) is 5.56 Å². The number of halogens is 4. The largest absolute Gasteiger partial charge is 0.505 e. The Hall–Kier alpha value is -3.07. The van der Waals surface area contributed by atoms with Crippen LogP contribution in [-0.4, -0.2) is 51.0 Å². The number of ether oxygens (including phenoxy) is 1. The van der Waals surface area contributed by atoms with E-state index in [9.17, 15) is 15.0 Å². The molecule has 39 heavy (non-hydrogen) atoms. The normalized spacial score (nSPS) is 10.9. The number of aromatic hydroxyl groups is 1. The summed E-state index contributed by atoms with van der Waals surface area (Å²) < 4.78 is 5.92. The van der Waals surface area contributed by atoms with Crippen LogP contribution in [0.25, 0.3) is 11.3 Å². The topological polar surface area (TPSA) is 95.8 Å². The molecule has 0 aliphatic heterocycles. The highest BCUT2D eigenvalue weighted by Gasteiger charge is 2.24. The molecule has 0 aliphatic carbocycles. The molecule has 0 unspecified atom stereocenters. The van der Waals surface area contributed by atoms with Gasteiger partial charge in [-0.25, -0.2) is 0 Å². The molecule has 0 atom stereocenters. The summed E-state index contributed by atoms with van der Waals surface area (Å²) in [6.45, 7) is 0.148. The lowest BCUT2D eigenvalue weighted by atomic mass is 10.1. The third-order valence-electron chi connectivity index (χ3n) is 5.82. The molecule has 2 N–H and O–H groups in total. The van der Waals surface area contributed by atoms with E-state index in [0.29, 0.717) is 27.6 Å². The number of carbonyl (C=O) groups excluding carboxylic acids is 1.